The fraction of sp³-hybridized carbons (Fsp3) is 1.00. The summed E-state index contributed by atoms with van der Waals surface area (Å²) in [4.78, 5) is -0.0372. The highest BCUT2D eigenvalue weighted by Crippen LogP contribution is 2.47. The lowest BCUT2D eigenvalue weighted by Crippen LogP contribution is -2.51. The zero-order valence-electron chi connectivity index (χ0n) is 10.0. The topological polar surface area (TPSA) is 24.9 Å². The highest BCUT2D eigenvalue weighted by Gasteiger charge is 2.68. The van der Waals surface area contributed by atoms with Crippen LogP contribution >= 0.6 is 11.6 Å². The Morgan fingerprint density at radius 2 is 1.56 bits per heavy atom. The lowest BCUT2D eigenvalue weighted by Gasteiger charge is -2.29. The molecule has 0 saturated carbocycles. The average Bonchev–Trinajstić information content (AvgIpc) is 2.40. The molecule has 0 aromatic rings. The van der Waals surface area contributed by atoms with Crippen molar-refractivity contribution in [3.05, 3.63) is 0 Å². The lowest BCUT2D eigenvalue weighted by molar-refractivity contribution is -0.261. The van der Waals surface area contributed by atoms with Crippen LogP contribution < -0.4 is 0 Å². The molecular formula is C9H15ClF4N2O2. The van der Waals surface area contributed by atoms with Gasteiger partial charge in [-0.3, -0.25) is 0 Å². The van der Waals surface area contributed by atoms with Crippen LogP contribution in [0.4, 0.5) is 17.6 Å². The highest BCUT2D eigenvalue weighted by atomic mass is 35.5. The first kappa shape index (κ1) is 15.9. The molecule has 18 heavy (non-hydrogen) atoms. The van der Waals surface area contributed by atoms with E-state index >= 15 is 0 Å². The third-order valence-corrected chi connectivity index (χ3v) is 3.14. The Morgan fingerprint density at radius 1 is 1.06 bits per heavy atom. The van der Waals surface area contributed by atoms with Crippen LogP contribution in [0.2, 0.25) is 0 Å². The van der Waals surface area contributed by atoms with E-state index in [0.29, 0.717) is 0 Å². The van der Waals surface area contributed by atoms with Crippen LogP contribution in [0.1, 0.15) is 0 Å². The first-order valence-electron chi connectivity index (χ1n) is 5.22. The highest BCUT2D eigenvalue weighted by molar-refractivity contribution is 6.21. The second-order valence-electron chi connectivity index (χ2n) is 3.76. The van der Waals surface area contributed by atoms with E-state index < -0.39 is 30.8 Å². The number of hydrogen-bond acceptors (Lipinski definition) is 4. The van der Waals surface area contributed by atoms with E-state index in [1.165, 1.54) is 14.2 Å². The summed E-state index contributed by atoms with van der Waals surface area (Å²) >= 11 is 5.42. The van der Waals surface area contributed by atoms with E-state index in [9.17, 15) is 17.6 Å². The molecule has 1 heterocycles. The van der Waals surface area contributed by atoms with Crippen molar-refractivity contribution >= 4 is 11.6 Å². The first-order valence-corrected chi connectivity index (χ1v) is 5.65. The smallest absolute Gasteiger partial charge is 0.375 e. The minimum Gasteiger partial charge on any atom is -0.383 e. The normalized spacial score (nSPS) is 27.8. The molecule has 0 amide bonds. The van der Waals surface area contributed by atoms with Gasteiger partial charge in [-0.25, -0.2) is 4.90 Å². The quantitative estimate of drug-likeness (QED) is 0.422. The predicted octanol–water partition coefficient (Wildman–Crippen LogP) is 1.60. The molecule has 9 heteroatoms. The summed E-state index contributed by atoms with van der Waals surface area (Å²) in [5.41, 5.74) is -2.11. The Kier molecular flexibility index (Phi) is 5.19. The van der Waals surface area contributed by atoms with Crippen LogP contribution in [-0.2, 0) is 9.47 Å². The molecule has 1 aliphatic rings. The molecule has 1 atom stereocenters. The molecule has 1 saturated heterocycles. The monoisotopic (exact) mass is 294 g/mol. The van der Waals surface area contributed by atoms with Gasteiger partial charge in [0, 0.05) is 27.3 Å². The van der Waals surface area contributed by atoms with Crippen LogP contribution in [-0.4, -0.2) is 68.0 Å². The molecule has 0 bridgehead atoms. The number of rotatable bonds is 6. The van der Waals surface area contributed by atoms with Gasteiger partial charge in [0.2, 0.25) is 0 Å². The lowest BCUT2D eigenvalue weighted by atomic mass is 10.4. The minimum absolute atomic E-state index is 0.118. The summed E-state index contributed by atoms with van der Waals surface area (Å²) in [5, 5.41) is 0. The van der Waals surface area contributed by atoms with E-state index in [1.54, 1.807) is 0 Å². The molecule has 1 aliphatic heterocycles. The summed E-state index contributed by atoms with van der Waals surface area (Å²) in [6.45, 7) is -1.38. The van der Waals surface area contributed by atoms with Crippen LogP contribution in [0.15, 0.2) is 0 Å². The molecule has 0 radical (unpaired) electrons. The third kappa shape index (κ3) is 2.72. The van der Waals surface area contributed by atoms with Crippen LogP contribution in [0, 0.1) is 0 Å². The van der Waals surface area contributed by atoms with E-state index in [-0.39, 0.29) is 23.0 Å². The SMILES string of the molecule is COCCN1C(Cl)C(F)(F)N(CCOC)C1(F)F. The number of halogens is 5. The molecular weight excluding hydrogens is 280 g/mol. The number of hydrogen-bond donors (Lipinski definition) is 0. The maximum absolute atomic E-state index is 13.8. The number of alkyl halides is 5. The van der Waals surface area contributed by atoms with Crippen molar-refractivity contribution in [3.63, 3.8) is 0 Å². The second kappa shape index (κ2) is 5.87. The summed E-state index contributed by atoms with van der Waals surface area (Å²) < 4.78 is 64.2. The van der Waals surface area contributed by atoms with Gasteiger partial charge in [-0.2, -0.15) is 22.5 Å². The Bertz CT molecular complexity index is 283. The molecule has 4 nitrogen and oxygen atoms in total. The molecule has 0 N–H and O–H groups in total. The summed E-state index contributed by atoms with van der Waals surface area (Å²) in [5.74, 6) is 0. The van der Waals surface area contributed by atoms with Gasteiger partial charge in [-0.15, -0.1) is 0 Å². The van der Waals surface area contributed by atoms with Gasteiger partial charge in [0.15, 0.2) is 5.50 Å². The van der Waals surface area contributed by atoms with Crippen molar-refractivity contribution in [3.8, 4) is 0 Å². The standard InChI is InChI=1S/C9H15ClF4N2O2/c1-17-5-3-15-7(10)8(11,12)16(4-6-18-2)9(15,13)14/h7H,3-6H2,1-2H3. The van der Waals surface area contributed by atoms with E-state index in [1.807, 2.05) is 0 Å². The Labute approximate surface area is 107 Å². The van der Waals surface area contributed by atoms with Gasteiger partial charge in [0.25, 0.3) is 0 Å². The molecule has 1 fully saturated rings. The number of nitrogens with zero attached hydrogens (tertiary/aromatic N) is 2. The third-order valence-electron chi connectivity index (χ3n) is 2.65. The number of methoxy groups -OCH3 is 2. The van der Waals surface area contributed by atoms with Gasteiger partial charge in [-0.1, -0.05) is 11.6 Å². The van der Waals surface area contributed by atoms with Gasteiger partial charge in [-0.05, 0) is 0 Å². The van der Waals surface area contributed by atoms with E-state index in [4.69, 9.17) is 11.6 Å². The minimum atomic E-state index is -3.84. The van der Waals surface area contributed by atoms with E-state index in [2.05, 4.69) is 9.47 Å². The Balaban J connectivity index is 2.89. The fourth-order valence-corrected chi connectivity index (χ4v) is 2.02. The van der Waals surface area contributed by atoms with Gasteiger partial charge < -0.3 is 9.47 Å². The largest absolute Gasteiger partial charge is 0.383 e. The Hall–Kier alpha value is -0.150. The zero-order valence-corrected chi connectivity index (χ0v) is 10.8. The average molecular weight is 295 g/mol. The first-order chi connectivity index (χ1) is 8.30. The molecule has 1 unspecified atom stereocenters. The van der Waals surface area contributed by atoms with E-state index in [0.717, 1.165) is 0 Å². The summed E-state index contributed by atoms with van der Waals surface area (Å²) in [7, 11) is 2.53. The molecule has 0 spiro atoms. The second-order valence-corrected chi connectivity index (χ2v) is 4.18. The van der Waals surface area contributed by atoms with Gasteiger partial charge in [0.1, 0.15) is 0 Å². The van der Waals surface area contributed by atoms with Gasteiger partial charge >= 0.3 is 12.2 Å². The van der Waals surface area contributed by atoms with Crippen molar-refractivity contribution in [1.82, 2.24) is 9.80 Å². The van der Waals surface area contributed by atoms with Crippen molar-refractivity contribution in [1.29, 1.82) is 0 Å². The number of ether oxygens (including phenoxy) is 2. The summed E-state index contributed by atoms with van der Waals surface area (Å²) in [6.07, 6.45) is -3.84. The van der Waals surface area contributed by atoms with Crippen molar-refractivity contribution in [2.45, 2.75) is 17.7 Å². The molecule has 0 aliphatic carbocycles. The zero-order chi connectivity index (χ0) is 14.0. The predicted molar refractivity (Wildman–Crippen MR) is 56.7 cm³/mol. The summed E-state index contributed by atoms with van der Waals surface area (Å²) in [6, 6.07) is -3.84. The van der Waals surface area contributed by atoms with Crippen molar-refractivity contribution in [2.75, 3.05) is 40.5 Å². The van der Waals surface area contributed by atoms with Crippen molar-refractivity contribution < 1.29 is 27.0 Å². The van der Waals surface area contributed by atoms with Crippen LogP contribution in [0.3, 0.4) is 0 Å². The fourth-order valence-electron chi connectivity index (χ4n) is 1.69. The molecule has 0 aromatic heterocycles. The Morgan fingerprint density at radius 3 is 2.06 bits per heavy atom. The van der Waals surface area contributed by atoms with Crippen LogP contribution in [0.25, 0.3) is 0 Å². The maximum Gasteiger partial charge on any atom is 0.375 e. The molecule has 1 rings (SSSR count). The van der Waals surface area contributed by atoms with Crippen LogP contribution in [0.5, 0.6) is 0 Å². The maximum atomic E-state index is 13.8. The molecule has 0 aromatic carbocycles. The van der Waals surface area contributed by atoms with Crippen molar-refractivity contribution in [2.24, 2.45) is 0 Å². The van der Waals surface area contributed by atoms with Gasteiger partial charge in [0.05, 0.1) is 13.2 Å². The molecule has 108 valence electrons.